The van der Waals surface area contributed by atoms with E-state index >= 15 is 0 Å². The summed E-state index contributed by atoms with van der Waals surface area (Å²) >= 11 is 4.00. The topological polar surface area (TPSA) is 219 Å². The fourth-order valence-electron chi connectivity index (χ4n) is 4.12. The number of primary amides is 1. The number of aryl methyl sites for hydroxylation is 1. The van der Waals surface area contributed by atoms with E-state index in [0.717, 1.165) is 9.91 Å². The Balaban J connectivity index is 0.00000441. The SMILES string of the molecule is Cc1nnc(SCC2=C(C(=O)O)N3C(=O)C(NC(=O)C(O)c4ccccc4C(=O)[C@@H](N)CC(N)=O)[C@@H]3SC2)s1.Cl. The number of benzene rings is 1. The molecule has 4 atom stereocenters. The predicted molar refractivity (Wildman–Crippen MR) is 150 cm³/mol. The molecule has 3 heterocycles. The lowest BCUT2D eigenvalue weighted by atomic mass is 9.93. The Hall–Kier alpha value is -3.02. The number of nitrogens with one attached hydrogen (secondary N) is 1. The fraction of sp³-hybridized carbons (Fsp3) is 0.348. The van der Waals surface area contributed by atoms with Gasteiger partial charge in [-0.3, -0.25) is 24.1 Å². The number of carbonyl (C=O) groups is 5. The van der Waals surface area contributed by atoms with Crippen molar-refractivity contribution in [2.45, 2.75) is 41.2 Å². The number of thioether (sulfide) groups is 2. The average Bonchev–Trinajstić information content (AvgIpc) is 3.33. The minimum absolute atomic E-state index is 0. The number of Topliss-reactive ketones (excluding diaryl/α,β-unsaturated/α-hetero) is 1. The van der Waals surface area contributed by atoms with Gasteiger partial charge in [0.25, 0.3) is 11.8 Å². The molecule has 1 aromatic carbocycles. The maximum Gasteiger partial charge on any atom is 0.352 e. The van der Waals surface area contributed by atoms with Gasteiger partial charge in [-0.2, -0.15) is 0 Å². The van der Waals surface area contributed by atoms with Crippen LogP contribution in [0.5, 0.6) is 0 Å². The van der Waals surface area contributed by atoms with Crippen molar-refractivity contribution in [2.75, 3.05) is 11.5 Å². The number of aliphatic hydroxyl groups is 1. The van der Waals surface area contributed by atoms with Gasteiger partial charge in [-0.05, 0) is 12.5 Å². The van der Waals surface area contributed by atoms with Crippen LogP contribution in [-0.4, -0.2) is 83.7 Å². The number of nitrogens with zero attached hydrogens (tertiary/aromatic N) is 3. The van der Waals surface area contributed by atoms with Gasteiger partial charge in [-0.25, -0.2) is 4.79 Å². The van der Waals surface area contributed by atoms with Crippen molar-refractivity contribution in [1.82, 2.24) is 20.4 Å². The number of aliphatic hydroxyl groups excluding tert-OH is 1. The molecule has 2 unspecified atom stereocenters. The summed E-state index contributed by atoms with van der Waals surface area (Å²) in [7, 11) is 0. The Bertz CT molecular complexity index is 1390. The van der Waals surface area contributed by atoms with Gasteiger partial charge in [-0.1, -0.05) is 47.4 Å². The highest BCUT2D eigenvalue weighted by atomic mass is 35.5. The van der Waals surface area contributed by atoms with Gasteiger partial charge in [0.2, 0.25) is 5.91 Å². The van der Waals surface area contributed by atoms with Crippen LogP contribution in [0.1, 0.15) is 33.5 Å². The molecular weight excluding hydrogens is 604 g/mol. The second kappa shape index (κ2) is 13.1. The Labute approximate surface area is 246 Å². The van der Waals surface area contributed by atoms with Crippen LogP contribution in [0, 0.1) is 6.92 Å². The van der Waals surface area contributed by atoms with Crippen LogP contribution in [0.3, 0.4) is 0 Å². The molecule has 1 aromatic heterocycles. The molecule has 4 rings (SSSR count). The van der Waals surface area contributed by atoms with Crippen LogP contribution in [0.4, 0.5) is 0 Å². The minimum atomic E-state index is -1.84. The number of carbonyl (C=O) groups excluding carboxylic acids is 4. The first kappa shape index (κ1) is 31.5. The monoisotopic (exact) mass is 628 g/mol. The Kier molecular flexibility index (Phi) is 10.3. The van der Waals surface area contributed by atoms with Crippen LogP contribution < -0.4 is 16.8 Å². The number of aliphatic carboxylic acids is 1. The van der Waals surface area contributed by atoms with Gasteiger partial charge in [0.15, 0.2) is 16.2 Å². The van der Waals surface area contributed by atoms with E-state index in [-0.39, 0.29) is 29.2 Å². The number of aromatic nitrogens is 2. The average molecular weight is 629 g/mol. The second-order valence-corrected chi connectivity index (χ2v) is 12.2. The third-order valence-corrected chi connectivity index (χ3v) is 9.35. The number of hydrogen-bond acceptors (Lipinski definition) is 12. The molecule has 7 N–H and O–H groups in total. The Morgan fingerprint density at radius 2 is 1.95 bits per heavy atom. The Morgan fingerprint density at radius 1 is 1.25 bits per heavy atom. The van der Waals surface area contributed by atoms with Crippen molar-refractivity contribution in [3.63, 3.8) is 0 Å². The molecule has 1 saturated heterocycles. The van der Waals surface area contributed by atoms with Crippen LogP contribution >= 0.6 is 47.3 Å². The van der Waals surface area contributed by atoms with Gasteiger partial charge in [0.05, 0.1) is 6.04 Å². The van der Waals surface area contributed by atoms with Crippen LogP contribution in [0.2, 0.25) is 0 Å². The van der Waals surface area contributed by atoms with Crippen molar-refractivity contribution >= 4 is 76.7 Å². The molecule has 0 spiro atoms. The summed E-state index contributed by atoms with van der Waals surface area (Å²) in [4.78, 5) is 63.0. The number of ketones is 1. The zero-order chi connectivity index (χ0) is 28.4. The number of β-lactam (4-membered cyclic amide) rings is 1. The highest BCUT2D eigenvalue weighted by Gasteiger charge is 2.54. The lowest BCUT2D eigenvalue weighted by Crippen LogP contribution is -2.70. The maximum atomic E-state index is 13.0. The zero-order valence-electron chi connectivity index (χ0n) is 20.8. The molecule has 17 heteroatoms. The van der Waals surface area contributed by atoms with E-state index in [4.69, 9.17) is 11.5 Å². The predicted octanol–water partition coefficient (Wildman–Crippen LogP) is 0.218. The third kappa shape index (κ3) is 6.47. The number of carboxylic acid groups (broad SMARTS) is 1. The van der Waals surface area contributed by atoms with E-state index in [2.05, 4.69) is 15.5 Å². The lowest BCUT2D eigenvalue weighted by Gasteiger charge is -2.49. The number of amides is 3. The molecule has 3 amide bonds. The largest absolute Gasteiger partial charge is 0.477 e. The highest BCUT2D eigenvalue weighted by molar-refractivity contribution is 8.01. The summed E-state index contributed by atoms with van der Waals surface area (Å²) < 4.78 is 0.681. The van der Waals surface area contributed by atoms with E-state index in [1.807, 2.05) is 6.92 Å². The smallest absolute Gasteiger partial charge is 0.352 e. The molecule has 2 aromatic rings. The molecule has 0 aliphatic carbocycles. The molecular formula is C23H25ClN6O7S3. The molecule has 0 bridgehead atoms. The van der Waals surface area contributed by atoms with Crippen molar-refractivity contribution in [1.29, 1.82) is 0 Å². The van der Waals surface area contributed by atoms with Gasteiger partial charge in [0, 0.05) is 29.1 Å². The first-order valence-corrected chi connectivity index (χ1v) is 14.3. The van der Waals surface area contributed by atoms with Crippen LogP contribution in [0.25, 0.3) is 0 Å². The number of carboxylic acids is 1. The van der Waals surface area contributed by atoms with E-state index < -0.39 is 59.5 Å². The van der Waals surface area contributed by atoms with E-state index in [9.17, 15) is 34.2 Å². The molecule has 2 aliphatic rings. The normalized spacial score (nSPS) is 19.6. The van der Waals surface area contributed by atoms with Gasteiger partial charge in [-0.15, -0.1) is 34.4 Å². The standard InChI is InChI=1S/C23H24N6O7S3.ClH/c1-9-27-28-23(39-9)38-8-10-7-37-21-15(20(34)29(21)16(10)22(35)36)26-19(33)18(32)12-5-3-2-4-11(12)17(31)13(24)6-14(25)30;/h2-5,13,15,18,21,32H,6-8,24H2,1H3,(H2,25,30)(H,26,33)(H,35,36);1H/t13-,15?,18?,21-;/m0./s1. The molecule has 13 nitrogen and oxygen atoms in total. The highest BCUT2D eigenvalue weighted by Crippen LogP contribution is 2.42. The first-order chi connectivity index (χ1) is 18.5. The number of fused-ring (bicyclic) bond motifs is 1. The van der Waals surface area contributed by atoms with E-state index in [1.54, 1.807) is 0 Å². The summed E-state index contributed by atoms with van der Waals surface area (Å²) in [6.07, 6.45) is -2.25. The number of hydrogen-bond donors (Lipinski definition) is 5. The van der Waals surface area contributed by atoms with Crippen LogP contribution in [0.15, 0.2) is 39.9 Å². The third-order valence-electron chi connectivity index (χ3n) is 5.95. The molecule has 0 saturated carbocycles. The lowest BCUT2D eigenvalue weighted by molar-refractivity contribution is -0.151. The summed E-state index contributed by atoms with van der Waals surface area (Å²) in [6, 6.07) is 3.38. The van der Waals surface area contributed by atoms with E-state index in [0.29, 0.717) is 21.4 Å². The van der Waals surface area contributed by atoms with Crippen molar-refractivity contribution in [2.24, 2.45) is 11.5 Å². The number of nitrogens with two attached hydrogens (primary N) is 2. The Morgan fingerprint density at radius 3 is 2.58 bits per heavy atom. The summed E-state index contributed by atoms with van der Waals surface area (Å²) in [5, 5.41) is 31.1. The molecule has 2 aliphatic heterocycles. The fourth-order valence-corrected chi connectivity index (χ4v) is 7.42. The number of rotatable bonds is 11. The quantitative estimate of drug-likeness (QED) is 0.128. The van der Waals surface area contributed by atoms with Crippen LogP contribution in [-0.2, 0) is 19.2 Å². The second-order valence-electron chi connectivity index (χ2n) is 8.66. The molecule has 1 fully saturated rings. The molecule has 214 valence electrons. The molecule has 40 heavy (non-hydrogen) atoms. The van der Waals surface area contributed by atoms with E-state index in [1.165, 1.54) is 59.1 Å². The number of halogens is 1. The summed E-state index contributed by atoms with van der Waals surface area (Å²) in [5.41, 5.74) is 11.2. The van der Waals surface area contributed by atoms with Gasteiger partial charge >= 0.3 is 5.97 Å². The minimum Gasteiger partial charge on any atom is -0.477 e. The summed E-state index contributed by atoms with van der Waals surface area (Å²) in [6.45, 7) is 1.81. The molecule has 0 radical (unpaired) electrons. The van der Waals surface area contributed by atoms with Gasteiger partial charge < -0.3 is 27.0 Å². The maximum absolute atomic E-state index is 13.0. The van der Waals surface area contributed by atoms with Crippen molar-refractivity contribution < 1.29 is 34.2 Å². The van der Waals surface area contributed by atoms with Crippen molar-refractivity contribution in [3.8, 4) is 0 Å². The van der Waals surface area contributed by atoms with Gasteiger partial charge in [0.1, 0.15) is 22.1 Å². The van der Waals surface area contributed by atoms with Crippen molar-refractivity contribution in [3.05, 3.63) is 51.7 Å². The first-order valence-electron chi connectivity index (χ1n) is 11.5. The summed E-state index contributed by atoms with van der Waals surface area (Å²) in [5.74, 6) is -3.70. The zero-order valence-corrected chi connectivity index (χ0v) is 24.1.